The molecule has 24 heavy (non-hydrogen) atoms. The van der Waals surface area contributed by atoms with Crippen molar-refractivity contribution in [3.63, 3.8) is 0 Å². The summed E-state index contributed by atoms with van der Waals surface area (Å²) in [6.45, 7) is 5.13. The largest absolute Gasteiger partial charge is 0.467 e. The highest BCUT2D eigenvalue weighted by Gasteiger charge is 2.16. The first-order valence-corrected chi connectivity index (χ1v) is 7.48. The summed E-state index contributed by atoms with van der Waals surface area (Å²) in [5.41, 5.74) is 1.63. The van der Waals surface area contributed by atoms with Gasteiger partial charge in [-0.25, -0.2) is 4.68 Å². The van der Waals surface area contributed by atoms with E-state index in [0.717, 1.165) is 11.3 Å². The number of carbonyl (C=O) groups is 1. The maximum atomic E-state index is 12.7. The van der Waals surface area contributed by atoms with Crippen molar-refractivity contribution in [3.8, 4) is 0 Å². The molecule has 0 N–H and O–H groups in total. The molecule has 7 heteroatoms. The van der Waals surface area contributed by atoms with E-state index in [9.17, 15) is 4.79 Å². The third-order valence-electron chi connectivity index (χ3n) is 3.50. The van der Waals surface area contributed by atoms with Gasteiger partial charge in [0.2, 0.25) is 0 Å². The summed E-state index contributed by atoms with van der Waals surface area (Å²) >= 11 is 0. The zero-order valence-electron chi connectivity index (χ0n) is 13.1. The van der Waals surface area contributed by atoms with Gasteiger partial charge in [-0.1, -0.05) is 18.2 Å². The van der Waals surface area contributed by atoms with Gasteiger partial charge in [-0.05, 0) is 40.3 Å². The quantitative estimate of drug-likeness (QED) is 0.623. The highest BCUT2D eigenvalue weighted by molar-refractivity contribution is 5.94. The summed E-state index contributed by atoms with van der Waals surface area (Å²) in [7, 11) is 0. The highest BCUT2D eigenvalue weighted by Crippen LogP contribution is 2.12. The van der Waals surface area contributed by atoms with Crippen LogP contribution in [0.25, 0.3) is 0 Å². The highest BCUT2D eigenvalue weighted by atomic mass is 16.3. The fraction of sp³-hybridized carbons (Fsp3) is 0.176. The molecular weight excluding hydrogens is 306 g/mol. The van der Waals surface area contributed by atoms with Crippen LogP contribution in [0.4, 0.5) is 0 Å². The Kier molecular flexibility index (Phi) is 4.81. The average molecular weight is 323 g/mol. The number of furan rings is 1. The second-order valence-electron chi connectivity index (χ2n) is 5.26. The Morgan fingerprint density at radius 3 is 2.75 bits per heavy atom. The molecule has 2 aromatic heterocycles. The number of hydrogen-bond acceptors (Lipinski definition) is 5. The number of benzene rings is 1. The lowest BCUT2D eigenvalue weighted by Crippen LogP contribution is -2.30. The molecule has 7 nitrogen and oxygen atoms in total. The first-order chi connectivity index (χ1) is 11.8. The van der Waals surface area contributed by atoms with E-state index in [0.29, 0.717) is 25.2 Å². The van der Waals surface area contributed by atoms with Crippen molar-refractivity contribution in [3.05, 3.63) is 78.5 Å². The molecule has 0 aliphatic heterocycles. The van der Waals surface area contributed by atoms with E-state index < -0.39 is 0 Å². The molecule has 0 aliphatic carbocycles. The van der Waals surface area contributed by atoms with Crippen LogP contribution in [0, 0.1) is 0 Å². The van der Waals surface area contributed by atoms with Crippen LogP contribution in [0.3, 0.4) is 0 Å². The zero-order chi connectivity index (χ0) is 16.8. The van der Waals surface area contributed by atoms with Gasteiger partial charge >= 0.3 is 0 Å². The van der Waals surface area contributed by atoms with Crippen LogP contribution in [0.2, 0.25) is 0 Å². The van der Waals surface area contributed by atoms with E-state index in [1.807, 2.05) is 18.2 Å². The number of hydrogen-bond donors (Lipinski definition) is 0. The van der Waals surface area contributed by atoms with Crippen molar-refractivity contribution in [2.45, 2.75) is 13.1 Å². The van der Waals surface area contributed by atoms with Crippen molar-refractivity contribution >= 4 is 5.91 Å². The molecule has 0 aliphatic rings. The van der Waals surface area contributed by atoms with Crippen molar-refractivity contribution in [2.75, 3.05) is 6.54 Å². The predicted molar refractivity (Wildman–Crippen MR) is 87.0 cm³/mol. The van der Waals surface area contributed by atoms with Gasteiger partial charge in [0.05, 0.1) is 19.4 Å². The van der Waals surface area contributed by atoms with Crippen LogP contribution in [0.5, 0.6) is 0 Å². The predicted octanol–water partition coefficient (Wildman–Crippen LogP) is 2.14. The van der Waals surface area contributed by atoms with Gasteiger partial charge in [-0.2, -0.15) is 0 Å². The van der Waals surface area contributed by atoms with Crippen molar-refractivity contribution in [2.24, 2.45) is 0 Å². The van der Waals surface area contributed by atoms with Gasteiger partial charge in [0.1, 0.15) is 12.1 Å². The summed E-state index contributed by atoms with van der Waals surface area (Å²) in [5.74, 6) is 0.667. The van der Waals surface area contributed by atoms with Crippen molar-refractivity contribution in [1.29, 1.82) is 0 Å². The number of rotatable bonds is 7. The minimum atomic E-state index is -0.0692. The molecule has 0 atom stereocenters. The fourth-order valence-electron chi connectivity index (χ4n) is 2.34. The number of nitrogens with zero attached hydrogens (tertiary/aromatic N) is 5. The van der Waals surface area contributed by atoms with Crippen molar-refractivity contribution < 1.29 is 9.21 Å². The molecule has 0 spiro atoms. The lowest BCUT2D eigenvalue weighted by molar-refractivity contribution is 0.0752. The maximum Gasteiger partial charge on any atom is 0.254 e. The molecular formula is C17H17N5O2. The zero-order valence-corrected chi connectivity index (χ0v) is 13.1. The van der Waals surface area contributed by atoms with Crippen molar-refractivity contribution in [1.82, 2.24) is 25.1 Å². The average Bonchev–Trinajstić information content (AvgIpc) is 3.28. The second-order valence-corrected chi connectivity index (χ2v) is 5.26. The number of tetrazole rings is 1. The third kappa shape index (κ3) is 3.75. The number of amides is 1. The standard InChI is InChI=1S/C17H17N5O2/c1-2-9-21(12-16-4-3-10-24-16)17(23)15-7-5-14(6-8-15)11-22-13-18-19-20-22/h2-8,10,13H,1,9,11-12H2. The van der Waals surface area contributed by atoms with Gasteiger partial charge in [-0.3, -0.25) is 4.79 Å². The minimum Gasteiger partial charge on any atom is -0.467 e. The molecule has 1 amide bonds. The van der Waals surface area contributed by atoms with Crippen LogP contribution >= 0.6 is 0 Å². The van der Waals surface area contributed by atoms with Crippen LogP contribution in [0.1, 0.15) is 21.7 Å². The Bertz CT molecular complexity index is 779. The van der Waals surface area contributed by atoms with Crippen LogP contribution in [-0.4, -0.2) is 37.6 Å². The first kappa shape index (κ1) is 15.7. The van der Waals surface area contributed by atoms with E-state index in [2.05, 4.69) is 22.1 Å². The summed E-state index contributed by atoms with van der Waals surface area (Å²) in [4.78, 5) is 14.4. The van der Waals surface area contributed by atoms with E-state index >= 15 is 0 Å². The normalized spacial score (nSPS) is 10.5. The Labute approximate surface area is 139 Å². The summed E-state index contributed by atoms with van der Waals surface area (Å²) in [5, 5.41) is 11.0. The van der Waals surface area contributed by atoms with Gasteiger partial charge < -0.3 is 9.32 Å². The Balaban J connectivity index is 1.71. The molecule has 122 valence electrons. The molecule has 3 rings (SSSR count). The fourth-order valence-corrected chi connectivity index (χ4v) is 2.34. The topological polar surface area (TPSA) is 77.0 Å². The van der Waals surface area contributed by atoms with E-state index in [4.69, 9.17) is 4.42 Å². The Hall–Kier alpha value is -3.22. The van der Waals surface area contributed by atoms with E-state index in [1.165, 1.54) is 0 Å². The van der Waals surface area contributed by atoms with E-state index in [1.54, 1.807) is 46.4 Å². The Morgan fingerprint density at radius 2 is 2.12 bits per heavy atom. The molecule has 0 saturated heterocycles. The summed E-state index contributed by atoms with van der Waals surface area (Å²) in [6, 6.07) is 11.1. The van der Waals surface area contributed by atoms with Gasteiger partial charge in [0.25, 0.3) is 5.91 Å². The molecule has 0 unspecified atom stereocenters. The van der Waals surface area contributed by atoms with E-state index in [-0.39, 0.29) is 5.91 Å². The molecule has 0 radical (unpaired) electrons. The second kappa shape index (κ2) is 7.36. The SMILES string of the molecule is C=CCN(Cc1ccco1)C(=O)c1ccc(Cn2cnnn2)cc1. The van der Waals surface area contributed by atoms with Crippen LogP contribution in [0.15, 0.2) is 66.1 Å². The Morgan fingerprint density at radius 1 is 1.29 bits per heavy atom. The summed E-state index contributed by atoms with van der Waals surface area (Å²) < 4.78 is 6.95. The first-order valence-electron chi connectivity index (χ1n) is 7.48. The minimum absolute atomic E-state index is 0.0692. The van der Waals surface area contributed by atoms with Gasteiger partial charge in [0.15, 0.2) is 0 Å². The maximum absolute atomic E-state index is 12.7. The molecule has 0 bridgehead atoms. The molecule has 3 aromatic rings. The lowest BCUT2D eigenvalue weighted by Gasteiger charge is -2.20. The van der Waals surface area contributed by atoms with Gasteiger partial charge in [-0.15, -0.1) is 11.7 Å². The third-order valence-corrected chi connectivity index (χ3v) is 3.50. The molecule has 0 fully saturated rings. The lowest BCUT2D eigenvalue weighted by atomic mass is 10.1. The van der Waals surface area contributed by atoms with Crippen LogP contribution in [-0.2, 0) is 13.1 Å². The molecule has 1 aromatic carbocycles. The molecule has 0 saturated carbocycles. The monoisotopic (exact) mass is 323 g/mol. The number of carbonyl (C=O) groups excluding carboxylic acids is 1. The molecule has 2 heterocycles. The number of aromatic nitrogens is 4. The van der Waals surface area contributed by atoms with Gasteiger partial charge in [0, 0.05) is 12.1 Å². The smallest absolute Gasteiger partial charge is 0.254 e. The van der Waals surface area contributed by atoms with Crippen LogP contribution < -0.4 is 0 Å². The summed E-state index contributed by atoms with van der Waals surface area (Å²) in [6.07, 6.45) is 4.85.